The molecule has 0 saturated carbocycles. The van der Waals surface area contributed by atoms with Crippen LogP contribution < -0.4 is 5.32 Å². The Bertz CT molecular complexity index is 1220. The van der Waals surface area contributed by atoms with Crippen molar-refractivity contribution in [2.24, 2.45) is 0 Å². The van der Waals surface area contributed by atoms with Crippen LogP contribution in [0.5, 0.6) is 0 Å². The van der Waals surface area contributed by atoms with Crippen molar-refractivity contribution in [1.82, 2.24) is 25.1 Å². The van der Waals surface area contributed by atoms with Gasteiger partial charge >= 0.3 is 0 Å². The summed E-state index contributed by atoms with van der Waals surface area (Å²) >= 11 is 0. The van der Waals surface area contributed by atoms with Crippen LogP contribution in [0.2, 0.25) is 0 Å². The van der Waals surface area contributed by atoms with Crippen LogP contribution in [0, 0.1) is 5.82 Å². The third-order valence-electron chi connectivity index (χ3n) is 5.16. The molecule has 0 radical (unpaired) electrons. The van der Waals surface area contributed by atoms with Gasteiger partial charge in [-0.2, -0.15) is 5.10 Å². The predicted molar refractivity (Wildman–Crippen MR) is 107 cm³/mol. The molecule has 0 aliphatic carbocycles. The summed E-state index contributed by atoms with van der Waals surface area (Å²) in [5, 5.41) is 8.74. The van der Waals surface area contributed by atoms with Crippen LogP contribution >= 0.6 is 0 Å². The Morgan fingerprint density at radius 1 is 1.14 bits per heavy atom. The van der Waals surface area contributed by atoms with Crippen molar-refractivity contribution in [3.63, 3.8) is 0 Å². The first-order chi connectivity index (χ1) is 14.2. The van der Waals surface area contributed by atoms with Gasteiger partial charge in [0.15, 0.2) is 5.78 Å². The lowest BCUT2D eigenvalue weighted by molar-refractivity contribution is 0.0992. The molecule has 0 unspecified atom stereocenters. The van der Waals surface area contributed by atoms with E-state index in [4.69, 9.17) is 4.98 Å². The molecule has 6 nitrogen and oxygen atoms in total. The average molecular weight is 387 g/mol. The molecule has 144 valence electrons. The van der Waals surface area contributed by atoms with Crippen molar-refractivity contribution in [2.75, 3.05) is 6.54 Å². The van der Waals surface area contributed by atoms with Crippen LogP contribution in [0.25, 0.3) is 22.2 Å². The van der Waals surface area contributed by atoms with Crippen LogP contribution in [-0.4, -0.2) is 32.1 Å². The summed E-state index contributed by atoms with van der Waals surface area (Å²) in [6.07, 6.45) is 3.73. The molecular formula is C22H18FN5O. The summed E-state index contributed by atoms with van der Waals surface area (Å²) in [4.78, 5) is 21.7. The Hall–Kier alpha value is -3.45. The van der Waals surface area contributed by atoms with E-state index >= 15 is 0 Å². The Labute approximate surface area is 166 Å². The molecule has 1 N–H and O–H groups in total. The summed E-state index contributed by atoms with van der Waals surface area (Å²) in [5.74, 6) is -0.468. The second-order valence-corrected chi connectivity index (χ2v) is 7.08. The summed E-state index contributed by atoms with van der Waals surface area (Å²) in [6.45, 7) is 2.53. The van der Waals surface area contributed by atoms with Gasteiger partial charge in [0.25, 0.3) is 0 Å². The summed E-state index contributed by atoms with van der Waals surface area (Å²) in [6, 6.07) is 11.4. The molecule has 0 saturated heterocycles. The number of halogens is 1. The molecule has 4 aromatic rings. The Kier molecular flexibility index (Phi) is 4.37. The number of nitrogens with zero attached hydrogens (tertiary/aromatic N) is 4. The maximum absolute atomic E-state index is 13.1. The van der Waals surface area contributed by atoms with Gasteiger partial charge in [0.1, 0.15) is 5.82 Å². The number of hydrogen-bond acceptors (Lipinski definition) is 5. The maximum atomic E-state index is 13.1. The minimum absolute atomic E-state index is 0.107. The molecule has 0 amide bonds. The maximum Gasteiger partial charge on any atom is 0.168 e. The molecular weight excluding hydrogens is 369 g/mol. The largest absolute Gasteiger partial charge is 0.309 e. The zero-order valence-electron chi connectivity index (χ0n) is 15.6. The van der Waals surface area contributed by atoms with Gasteiger partial charge in [-0.1, -0.05) is 0 Å². The molecule has 3 aromatic heterocycles. The Morgan fingerprint density at radius 3 is 2.86 bits per heavy atom. The number of pyridine rings is 2. The molecule has 1 aromatic carbocycles. The van der Waals surface area contributed by atoms with Gasteiger partial charge < -0.3 is 5.32 Å². The summed E-state index contributed by atoms with van der Waals surface area (Å²) in [7, 11) is 0. The van der Waals surface area contributed by atoms with E-state index in [9.17, 15) is 9.18 Å². The molecule has 0 fully saturated rings. The number of carbonyl (C=O) groups excluding carboxylic acids is 1. The first kappa shape index (κ1) is 17.6. The van der Waals surface area contributed by atoms with Crippen molar-refractivity contribution in [3.05, 3.63) is 77.6 Å². The smallest absolute Gasteiger partial charge is 0.168 e. The lowest BCUT2D eigenvalue weighted by atomic mass is 10.1. The average Bonchev–Trinajstić information content (AvgIpc) is 3.18. The van der Waals surface area contributed by atoms with Crippen molar-refractivity contribution < 1.29 is 9.18 Å². The molecule has 7 heteroatoms. The highest BCUT2D eigenvalue weighted by molar-refractivity contribution is 5.97. The Morgan fingerprint density at radius 2 is 2.00 bits per heavy atom. The fourth-order valence-corrected chi connectivity index (χ4v) is 3.60. The number of hydrogen-bond donors (Lipinski definition) is 1. The highest BCUT2D eigenvalue weighted by Gasteiger charge is 2.17. The first-order valence-electron chi connectivity index (χ1n) is 9.47. The van der Waals surface area contributed by atoms with E-state index in [1.54, 1.807) is 6.20 Å². The number of nitrogens with one attached hydrogen (secondary N) is 1. The quantitative estimate of drug-likeness (QED) is 0.545. The third-order valence-corrected chi connectivity index (χ3v) is 5.16. The van der Waals surface area contributed by atoms with Crippen LogP contribution in [0.3, 0.4) is 0 Å². The van der Waals surface area contributed by atoms with Gasteiger partial charge in [-0.25, -0.2) is 9.37 Å². The third kappa shape index (κ3) is 3.40. The topological polar surface area (TPSA) is 72.7 Å². The number of fused-ring (bicyclic) bond motifs is 2. The van der Waals surface area contributed by atoms with Crippen LogP contribution in [0.4, 0.5) is 4.39 Å². The van der Waals surface area contributed by atoms with Gasteiger partial charge in [-0.15, -0.1) is 0 Å². The normalized spacial score (nSPS) is 13.4. The van der Waals surface area contributed by atoms with Gasteiger partial charge in [-0.3, -0.25) is 14.5 Å². The molecule has 0 atom stereocenters. The second kappa shape index (κ2) is 7.18. The van der Waals surface area contributed by atoms with Gasteiger partial charge in [0, 0.05) is 35.8 Å². The molecule has 0 bridgehead atoms. The monoisotopic (exact) mass is 387 g/mol. The summed E-state index contributed by atoms with van der Waals surface area (Å²) < 4.78 is 15.1. The van der Waals surface area contributed by atoms with Crippen molar-refractivity contribution in [3.8, 4) is 11.3 Å². The van der Waals surface area contributed by atoms with E-state index in [1.165, 1.54) is 24.3 Å². The van der Waals surface area contributed by atoms with E-state index in [-0.39, 0.29) is 18.0 Å². The highest BCUT2D eigenvalue weighted by Crippen LogP contribution is 2.25. The minimum Gasteiger partial charge on any atom is -0.309 e. The van der Waals surface area contributed by atoms with Gasteiger partial charge in [0.2, 0.25) is 0 Å². The number of aromatic nitrogens is 4. The van der Waals surface area contributed by atoms with Crippen molar-refractivity contribution in [1.29, 1.82) is 0 Å². The van der Waals surface area contributed by atoms with Gasteiger partial charge in [-0.05, 0) is 42.5 Å². The van der Waals surface area contributed by atoms with E-state index in [1.807, 2.05) is 29.1 Å². The highest BCUT2D eigenvalue weighted by atomic mass is 19.1. The molecule has 1 aliphatic rings. The molecule has 29 heavy (non-hydrogen) atoms. The van der Waals surface area contributed by atoms with Crippen LogP contribution in [0.15, 0.2) is 54.9 Å². The fraction of sp³-hybridized carbons (Fsp3) is 0.182. The molecule has 1 aliphatic heterocycles. The molecule has 0 spiro atoms. The first-order valence-corrected chi connectivity index (χ1v) is 9.47. The predicted octanol–water partition coefficient (Wildman–Crippen LogP) is 3.16. The molecule has 5 rings (SSSR count). The SMILES string of the molecule is O=C(Cc1cc2nc(-c3cnn4c3CNCC4)ccc2cn1)c1ccc(F)cc1. The van der Waals surface area contributed by atoms with Crippen molar-refractivity contribution in [2.45, 2.75) is 19.5 Å². The van der Waals surface area contributed by atoms with Gasteiger partial charge in [0.05, 0.1) is 41.8 Å². The lowest BCUT2D eigenvalue weighted by Gasteiger charge is -2.16. The molecule has 4 heterocycles. The van der Waals surface area contributed by atoms with Crippen molar-refractivity contribution >= 4 is 16.7 Å². The number of Topliss-reactive ketones (excluding diaryl/α,β-unsaturated/α-hetero) is 1. The number of rotatable bonds is 4. The van der Waals surface area contributed by atoms with E-state index in [0.717, 1.165) is 47.5 Å². The van der Waals surface area contributed by atoms with Crippen LogP contribution in [0.1, 0.15) is 21.7 Å². The standard InChI is InChI=1S/C22H18FN5O/c23-16-4-1-14(2-5-16)22(29)10-17-9-20-15(11-25-17)3-6-19(27-20)18-12-26-28-8-7-24-13-21(18)28/h1-6,9,11-12,24H,7-8,10,13H2. The summed E-state index contributed by atoms with van der Waals surface area (Å²) in [5.41, 5.74) is 4.88. The van der Waals surface area contributed by atoms with Crippen LogP contribution in [-0.2, 0) is 19.5 Å². The number of carbonyl (C=O) groups is 1. The minimum atomic E-state index is -0.361. The number of benzene rings is 1. The second-order valence-electron chi connectivity index (χ2n) is 7.08. The van der Waals surface area contributed by atoms with E-state index in [2.05, 4.69) is 15.4 Å². The Balaban J connectivity index is 1.46. The zero-order valence-corrected chi connectivity index (χ0v) is 15.6. The van der Waals surface area contributed by atoms with E-state index < -0.39 is 0 Å². The lowest BCUT2D eigenvalue weighted by Crippen LogP contribution is -2.28. The number of ketones is 1. The fourth-order valence-electron chi connectivity index (χ4n) is 3.60. The van der Waals surface area contributed by atoms with E-state index in [0.29, 0.717) is 11.3 Å². The zero-order chi connectivity index (χ0) is 19.8.